The van der Waals surface area contributed by atoms with Gasteiger partial charge in [-0.3, -0.25) is 9.69 Å². The third-order valence-electron chi connectivity index (χ3n) is 4.50. The molecule has 0 bridgehead atoms. The molecular formula is C16H22FN3O. The molecule has 1 amide bonds. The van der Waals surface area contributed by atoms with Gasteiger partial charge in [0.05, 0.1) is 0 Å². The second-order valence-corrected chi connectivity index (χ2v) is 6.11. The van der Waals surface area contributed by atoms with Crippen molar-refractivity contribution < 1.29 is 9.18 Å². The number of halogens is 1. The zero-order valence-electron chi connectivity index (χ0n) is 12.5. The Kier molecular flexibility index (Phi) is 4.10. The van der Waals surface area contributed by atoms with E-state index in [1.54, 1.807) is 0 Å². The first-order valence-electron chi connectivity index (χ1n) is 7.58. The summed E-state index contributed by atoms with van der Waals surface area (Å²) in [5, 5.41) is 0. The molecular weight excluding hydrogens is 269 g/mol. The van der Waals surface area contributed by atoms with Crippen molar-refractivity contribution in [1.82, 2.24) is 9.80 Å². The van der Waals surface area contributed by atoms with E-state index in [1.807, 2.05) is 24.1 Å². The smallest absolute Gasteiger partial charge is 0.222 e. The van der Waals surface area contributed by atoms with E-state index in [4.69, 9.17) is 0 Å². The first-order chi connectivity index (χ1) is 10.1. The molecule has 5 heteroatoms. The summed E-state index contributed by atoms with van der Waals surface area (Å²) in [6.45, 7) is 5.83. The minimum atomic E-state index is -0.188. The van der Waals surface area contributed by atoms with E-state index < -0.39 is 0 Å². The molecule has 2 saturated heterocycles. The normalized spacial score (nSPS) is 23.9. The van der Waals surface area contributed by atoms with Gasteiger partial charge in [0.1, 0.15) is 5.82 Å². The average Bonchev–Trinajstić information content (AvgIpc) is 2.79. The number of hydrogen-bond donors (Lipinski definition) is 0. The van der Waals surface area contributed by atoms with Crippen LogP contribution in [-0.4, -0.2) is 62.0 Å². The van der Waals surface area contributed by atoms with Crippen molar-refractivity contribution in [3.05, 3.63) is 30.1 Å². The quantitative estimate of drug-likeness (QED) is 0.843. The highest BCUT2D eigenvalue weighted by atomic mass is 19.1. The summed E-state index contributed by atoms with van der Waals surface area (Å²) in [7, 11) is 1.88. The molecule has 3 rings (SSSR count). The molecule has 4 nitrogen and oxygen atoms in total. The number of amides is 1. The number of hydrogen-bond acceptors (Lipinski definition) is 3. The van der Waals surface area contributed by atoms with Crippen LogP contribution in [0, 0.1) is 11.7 Å². The number of carbonyl (C=O) groups excluding carboxylic acids is 1. The lowest BCUT2D eigenvalue weighted by molar-refractivity contribution is -0.126. The van der Waals surface area contributed by atoms with Gasteiger partial charge in [-0.1, -0.05) is 0 Å². The molecule has 0 spiro atoms. The van der Waals surface area contributed by atoms with E-state index in [0.29, 0.717) is 12.3 Å². The van der Waals surface area contributed by atoms with E-state index in [-0.39, 0.29) is 11.7 Å². The molecule has 21 heavy (non-hydrogen) atoms. The van der Waals surface area contributed by atoms with Gasteiger partial charge in [-0.25, -0.2) is 4.39 Å². The van der Waals surface area contributed by atoms with Gasteiger partial charge in [0.2, 0.25) is 5.91 Å². The monoisotopic (exact) mass is 291 g/mol. The summed E-state index contributed by atoms with van der Waals surface area (Å²) in [6.07, 6.45) is 0.689. The van der Waals surface area contributed by atoms with Crippen molar-refractivity contribution in [3.8, 4) is 0 Å². The molecule has 2 aliphatic rings. The van der Waals surface area contributed by atoms with Gasteiger partial charge >= 0.3 is 0 Å². The minimum absolute atomic E-state index is 0.188. The second-order valence-electron chi connectivity index (χ2n) is 6.11. The Balaban J connectivity index is 1.49. The Morgan fingerprint density at radius 2 is 1.81 bits per heavy atom. The zero-order chi connectivity index (χ0) is 14.8. The topological polar surface area (TPSA) is 26.8 Å². The fraction of sp³-hybridized carbons (Fsp3) is 0.562. The van der Waals surface area contributed by atoms with Crippen molar-refractivity contribution in [3.63, 3.8) is 0 Å². The van der Waals surface area contributed by atoms with Crippen LogP contribution in [0.25, 0.3) is 0 Å². The number of anilines is 1. The maximum atomic E-state index is 12.9. The van der Waals surface area contributed by atoms with Gasteiger partial charge in [0.15, 0.2) is 0 Å². The van der Waals surface area contributed by atoms with Gasteiger partial charge in [0, 0.05) is 58.4 Å². The number of likely N-dealkylation sites (tertiary alicyclic amines) is 1. The highest BCUT2D eigenvalue weighted by Gasteiger charge is 2.29. The maximum absolute atomic E-state index is 12.9. The third-order valence-corrected chi connectivity index (χ3v) is 4.50. The number of benzene rings is 1. The Bertz CT molecular complexity index is 497. The van der Waals surface area contributed by atoms with Gasteiger partial charge < -0.3 is 9.80 Å². The fourth-order valence-electron chi connectivity index (χ4n) is 3.28. The Hall–Kier alpha value is -1.62. The Morgan fingerprint density at radius 1 is 1.14 bits per heavy atom. The second kappa shape index (κ2) is 6.02. The van der Waals surface area contributed by atoms with Crippen molar-refractivity contribution in [2.75, 3.05) is 51.2 Å². The fourth-order valence-corrected chi connectivity index (χ4v) is 3.28. The molecule has 2 fully saturated rings. The molecule has 0 radical (unpaired) electrons. The van der Waals surface area contributed by atoms with Crippen LogP contribution in [0.4, 0.5) is 10.1 Å². The largest absolute Gasteiger partial charge is 0.369 e. The molecule has 0 aromatic heterocycles. The lowest BCUT2D eigenvalue weighted by atomic mass is 10.1. The standard InChI is InChI=1S/C16H22FN3O/c1-18-11-13(10-16(18)21)12-19-6-8-20(9-7-19)15-4-2-14(17)3-5-15/h2-5,13H,6-12H2,1H3. The molecule has 2 heterocycles. The average molecular weight is 291 g/mol. The molecule has 2 aliphatic heterocycles. The number of nitrogens with zero attached hydrogens (tertiary/aromatic N) is 3. The van der Waals surface area contributed by atoms with Crippen molar-refractivity contribution in [1.29, 1.82) is 0 Å². The van der Waals surface area contributed by atoms with Crippen LogP contribution >= 0.6 is 0 Å². The van der Waals surface area contributed by atoms with Crippen LogP contribution in [0.1, 0.15) is 6.42 Å². The van der Waals surface area contributed by atoms with Gasteiger partial charge in [0.25, 0.3) is 0 Å². The molecule has 114 valence electrons. The summed E-state index contributed by atoms with van der Waals surface area (Å²) in [5.41, 5.74) is 1.09. The van der Waals surface area contributed by atoms with Crippen LogP contribution in [-0.2, 0) is 4.79 Å². The summed E-state index contributed by atoms with van der Waals surface area (Å²) in [5.74, 6) is 0.553. The molecule has 0 aliphatic carbocycles. The van der Waals surface area contributed by atoms with E-state index in [1.165, 1.54) is 12.1 Å². The van der Waals surface area contributed by atoms with Crippen LogP contribution in [0.15, 0.2) is 24.3 Å². The first kappa shape index (κ1) is 14.3. The van der Waals surface area contributed by atoms with Crippen molar-refractivity contribution in [2.24, 2.45) is 5.92 Å². The van der Waals surface area contributed by atoms with Crippen LogP contribution in [0.3, 0.4) is 0 Å². The molecule has 0 N–H and O–H groups in total. The number of carbonyl (C=O) groups is 1. The van der Waals surface area contributed by atoms with E-state index in [0.717, 1.165) is 45.0 Å². The van der Waals surface area contributed by atoms with Crippen molar-refractivity contribution in [2.45, 2.75) is 6.42 Å². The highest BCUT2D eigenvalue weighted by Crippen LogP contribution is 2.20. The highest BCUT2D eigenvalue weighted by molar-refractivity contribution is 5.78. The molecule has 1 atom stereocenters. The predicted octanol–water partition coefficient (Wildman–Crippen LogP) is 1.43. The summed E-state index contributed by atoms with van der Waals surface area (Å²) < 4.78 is 12.9. The number of rotatable bonds is 3. The van der Waals surface area contributed by atoms with E-state index in [9.17, 15) is 9.18 Å². The molecule has 1 aromatic rings. The zero-order valence-corrected chi connectivity index (χ0v) is 12.5. The summed E-state index contributed by atoms with van der Waals surface area (Å²) in [6, 6.07) is 6.72. The maximum Gasteiger partial charge on any atom is 0.222 e. The van der Waals surface area contributed by atoms with Gasteiger partial charge in [-0.05, 0) is 30.2 Å². The Morgan fingerprint density at radius 3 is 2.38 bits per heavy atom. The van der Waals surface area contributed by atoms with Gasteiger partial charge in [-0.2, -0.15) is 0 Å². The lowest BCUT2D eigenvalue weighted by Gasteiger charge is -2.37. The number of piperazine rings is 1. The van der Waals surface area contributed by atoms with Crippen LogP contribution in [0.5, 0.6) is 0 Å². The van der Waals surface area contributed by atoms with Crippen LogP contribution < -0.4 is 4.90 Å². The molecule has 1 unspecified atom stereocenters. The van der Waals surface area contributed by atoms with Crippen LogP contribution in [0.2, 0.25) is 0 Å². The van der Waals surface area contributed by atoms with E-state index >= 15 is 0 Å². The van der Waals surface area contributed by atoms with Gasteiger partial charge in [-0.15, -0.1) is 0 Å². The first-order valence-corrected chi connectivity index (χ1v) is 7.58. The SMILES string of the molecule is CN1CC(CN2CCN(c3ccc(F)cc3)CC2)CC1=O. The lowest BCUT2D eigenvalue weighted by Crippen LogP contribution is -2.48. The van der Waals surface area contributed by atoms with E-state index in [2.05, 4.69) is 9.80 Å². The predicted molar refractivity (Wildman–Crippen MR) is 80.8 cm³/mol. The summed E-state index contributed by atoms with van der Waals surface area (Å²) in [4.78, 5) is 18.1. The molecule has 1 aromatic carbocycles. The minimum Gasteiger partial charge on any atom is -0.369 e. The summed E-state index contributed by atoms with van der Waals surface area (Å²) >= 11 is 0. The Labute approximate surface area is 125 Å². The third kappa shape index (κ3) is 3.35. The molecule has 0 saturated carbocycles. The van der Waals surface area contributed by atoms with Crippen molar-refractivity contribution >= 4 is 11.6 Å².